The van der Waals surface area contributed by atoms with Crippen molar-refractivity contribution < 1.29 is 0 Å². The molecule has 48 valence electrons. The van der Waals surface area contributed by atoms with Gasteiger partial charge in [0.1, 0.15) is 0 Å². The van der Waals surface area contributed by atoms with Crippen molar-refractivity contribution >= 4 is 6.21 Å². The summed E-state index contributed by atoms with van der Waals surface area (Å²) in [5, 5.41) is 3.38. The number of nitrogens with two attached hydrogens (primary N) is 1. The van der Waals surface area contributed by atoms with E-state index >= 15 is 0 Å². The van der Waals surface area contributed by atoms with Gasteiger partial charge in [-0.25, -0.2) is 11.4 Å². The van der Waals surface area contributed by atoms with E-state index in [0.29, 0.717) is 0 Å². The zero-order valence-corrected chi connectivity index (χ0v) is 5.39. The maximum Gasteiger partial charge on any atom is 0.0477 e. The van der Waals surface area contributed by atoms with Crippen LogP contribution < -0.4 is 11.4 Å². The van der Waals surface area contributed by atoms with E-state index < -0.39 is 0 Å². The minimum Gasteiger partial charge on any atom is -0.246 e. The van der Waals surface area contributed by atoms with E-state index in [0.717, 1.165) is 0 Å². The quantitative estimate of drug-likeness (QED) is 0.315. The van der Waals surface area contributed by atoms with E-state index in [-0.39, 0.29) is 0 Å². The second kappa shape index (κ2) is 16.4. The van der Waals surface area contributed by atoms with Gasteiger partial charge in [-0.2, -0.15) is 5.10 Å². The molecule has 0 aromatic rings. The molecule has 0 heterocycles. The fraction of sp³-hybridized carbons (Fsp3) is 0.400. The number of hydrazone groups is 1. The van der Waals surface area contributed by atoms with Crippen LogP contribution in [0.25, 0.3) is 0 Å². The van der Waals surface area contributed by atoms with Gasteiger partial charge >= 0.3 is 0 Å². The predicted octanol–water partition coefficient (Wildman–Crippen LogP) is 0.648. The first-order valence-electron chi connectivity index (χ1n) is 2.51. The molecule has 3 nitrogen and oxygen atoms in total. The molecule has 3 heteroatoms. The van der Waals surface area contributed by atoms with E-state index in [1.807, 2.05) is 13.8 Å². The molecule has 0 bridgehead atoms. The molecule has 0 aliphatic rings. The maximum absolute atomic E-state index is 4.72. The Morgan fingerprint density at radius 2 is 2.12 bits per heavy atom. The number of hydrogen-bond acceptors (Lipinski definition) is 3. The Morgan fingerprint density at radius 1 is 1.62 bits per heavy atom. The summed E-state index contributed by atoms with van der Waals surface area (Å²) in [7, 11) is 0. The first-order chi connectivity index (χ1) is 3.91. The van der Waals surface area contributed by atoms with Gasteiger partial charge < -0.3 is 0 Å². The first-order valence-corrected chi connectivity index (χ1v) is 2.51. The first kappa shape index (κ1) is 10.2. The van der Waals surface area contributed by atoms with Crippen molar-refractivity contribution in [3.8, 4) is 0 Å². The average Bonchev–Trinajstić information content (AvgIpc) is 1.88. The summed E-state index contributed by atoms with van der Waals surface area (Å²) in [6.07, 6.45) is 2.99. The number of nitrogens with one attached hydrogen (secondary N) is 1. The van der Waals surface area contributed by atoms with Crippen LogP contribution in [0.2, 0.25) is 0 Å². The van der Waals surface area contributed by atoms with Crippen molar-refractivity contribution in [3.63, 3.8) is 0 Å². The Labute approximate surface area is 50.2 Å². The largest absolute Gasteiger partial charge is 0.246 e. The highest BCUT2D eigenvalue weighted by Gasteiger charge is 1.49. The highest BCUT2D eigenvalue weighted by molar-refractivity contribution is 5.69. The highest BCUT2D eigenvalue weighted by atomic mass is 15.5. The summed E-state index contributed by atoms with van der Waals surface area (Å²) in [5.41, 5.74) is 2.07. The molecule has 0 aromatic carbocycles. The molecule has 3 N–H and O–H groups in total. The number of hydrazine groups is 1. The number of rotatable bonds is 2. The molecule has 0 atom stereocenters. The Kier molecular flexibility index (Phi) is 20.9. The van der Waals surface area contributed by atoms with Crippen LogP contribution in [0, 0.1) is 0 Å². The van der Waals surface area contributed by atoms with Crippen molar-refractivity contribution in [2.75, 3.05) is 0 Å². The van der Waals surface area contributed by atoms with Gasteiger partial charge in [0.05, 0.1) is 0 Å². The highest BCUT2D eigenvalue weighted by Crippen LogP contribution is 1.48. The van der Waals surface area contributed by atoms with Gasteiger partial charge in [0.25, 0.3) is 0 Å². The fourth-order valence-electron chi connectivity index (χ4n) is 0.0957. The van der Waals surface area contributed by atoms with Crippen LogP contribution in [0.15, 0.2) is 17.8 Å². The SMILES string of the molecule is C=C/C=N\NN.CC. The third-order valence-electron chi connectivity index (χ3n) is 0.254. The van der Waals surface area contributed by atoms with Crippen LogP contribution in [0.3, 0.4) is 0 Å². The van der Waals surface area contributed by atoms with Crippen molar-refractivity contribution in [1.29, 1.82) is 0 Å². The van der Waals surface area contributed by atoms with Gasteiger partial charge in [0, 0.05) is 6.21 Å². The second-order valence-electron chi connectivity index (χ2n) is 0.643. The smallest absolute Gasteiger partial charge is 0.0477 e. The summed E-state index contributed by atoms with van der Waals surface area (Å²) in [6.45, 7) is 7.35. The Balaban J connectivity index is 0. The minimum absolute atomic E-state index is 1.46. The lowest BCUT2D eigenvalue weighted by molar-refractivity contribution is 0.811. The van der Waals surface area contributed by atoms with E-state index in [1.54, 1.807) is 0 Å². The van der Waals surface area contributed by atoms with E-state index in [9.17, 15) is 0 Å². The zero-order valence-electron chi connectivity index (χ0n) is 5.39. The van der Waals surface area contributed by atoms with Gasteiger partial charge in [-0.3, -0.25) is 0 Å². The summed E-state index contributed by atoms with van der Waals surface area (Å²) in [4.78, 5) is 0. The van der Waals surface area contributed by atoms with Gasteiger partial charge in [-0.1, -0.05) is 20.4 Å². The average molecular weight is 115 g/mol. The predicted molar refractivity (Wildman–Crippen MR) is 37.4 cm³/mol. The third-order valence-corrected chi connectivity index (χ3v) is 0.254. The summed E-state index contributed by atoms with van der Waals surface area (Å²) < 4.78 is 0. The lowest BCUT2D eigenvalue weighted by Crippen LogP contribution is -2.13. The Bertz CT molecular complexity index is 58.7. The van der Waals surface area contributed by atoms with Crippen LogP contribution in [0.5, 0.6) is 0 Å². The molecule has 0 saturated carbocycles. The molecule has 0 radical (unpaired) electrons. The molecule has 0 saturated heterocycles. The van der Waals surface area contributed by atoms with Crippen LogP contribution >= 0.6 is 0 Å². The van der Waals surface area contributed by atoms with Crippen molar-refractivity contribution in [1.82, 2.24) is 5.53 Å². The molecular weight excluding hydrogens is 102 g/mol. The third kappa shape index (κ3) is 19.1. The van der Waals surface area contributed by atoms with E-state index in [1.165, 1.54) is 12.3 Å². The number of nitrogens with zero attached hydrogens (tertiary/aromatic N) is 1. The standard InChI is InChI=1S/C3H7N3.C2H6/c1-2-3-5-6-4;1-2/h2-3,6H,1,4H2;1-2H3/b5-3-;. The monoisotopic (exact) mass is 115 g/mol. The molecule has 0 aliphatic carbocycles. The molecule has 0 fully saturated rings. The van der Waals surface area contributed by atoms with Crippen molar-refractivity contribution in [2.24, 2.45) is 10.9 Å². The Hall–Kier alpha value is -0.830. The molecule has 8 heavy (non-hydrogen) atoms. The zero-order chi connectivity index (χ0) is 6.83. The lowest BCUT2D eigenvalue weighted by atomic mass is 10.7. The van der Waals surface area contributed by atoms with Crippen molar-refractivity contribution in [2.45, 2.75) is 13.8 Å². The number of hydrogen-bond donors (Lipinski definition) is 2. The normalized spacial score (nSPS) is 7.38. The van der Waals surface area contributed by atoms with Gasteiger partial charge in [0.2, 0.25) is 0 Å². The molecule has 0 unspecified atom stereocenters. The molecule has 0 spiro atoms. The molecule has 0 aromatic heterocycles. The van der Waals surface area contributed by atoms with Crippen LogP contribution in [-0.4, -0.2) is 6.21 Å². The molecule has 0 aliphatic heterocycles. The fourth-order valence-corrected chi connectivity index (χ4v) is 0.0957. The minimum atomic E-state index is 1.46. The van der Waals surface area contributed by atoms with Crippen LogP contribution in [0.1, 0.15) is 13.8 Å². The topological polar surface area (TPSA) is 50.4 Å². The van der Waals surface area contributed by atoms with Crippen LogP contribution in [0.4, 0.5) is 0 Å². The van der Waals surface area contributed by atoms with Crippen LogP contribution in [-0.2, 0) is 0 Å². The van der Waals surface area contributed by atoms with E-state index in [4.69, 9.17) is 5.84 Å². The molecule has 0 rings (SSSR count). The second-order valence-corrected chi connectivity index (χ2v) is 0.643. The molecule has 0 amide bonds. The van der Waals surface area contributed by atoms with Gasteiger partial charge in [0.15, 0.2) is 0 Å². The lowest BCUT2D eigenvalue weighted by Gasteiger charge is -1.77. The van der Waals surface area contributed by atoms with Crippen molar-refractivity contribution in [3.05, 3.63) is 12.7 Å². The molecular formula is C5H13N3. The summed E-state index contributed by atoms with van der Waals surface area (Å²) in [5.74, 6) is 4.72. The van der Waals surface area contributed by atoms with E-state index in [2.05, 4.69) is 17.2 Å². The van der Waals surface area contributed by atoms with Gasteiger partial charge in [-0.15, -0.1) is 0 Å². The maximum atomic E-state index is 4.72. The Morgan fingerprint density at radius 3 is 2.25 bits per heavy atom. The van der Waals surface area contributed by atoms with Gasteiger partial charge in [-0.05, 0) is 6.08 Å². The number of allylic oxidation sites excluding steroid dienone is 1. The summed E-state index contributed by atoms with van der Waals surface area (Å²) >= 11 is 0. The summed E-state index contributed by atoms with van der Waals surface area (Å²) in [6, 6.07) is 0.